The van der Waals surface area contributed by atoms with Crippen molar-refractivity contribution < 1.29 is 4.92 Å². The number of rotatable bonds is 4. The average Bonchev–Trinajstić information content (AvgIpc) is 2.72. The molecular weight excluding hydrogens is 316 g/mol. The molecule has 0 amide bonds. The molecule has 0 saturated heterocycles. The van der Waals surface area contributed by atoms with Gasteiger partial charge in [0.05, 0.1) is 8.71 Å². The van der Waals surface area contributed by atoms with Crippen LogP contribution in [0.2, 0.25) is 0 Å². The number of nitro benzene ring substituents is 1. The summed E-state index contributed by atoms with van der Waals surface area (Å²) >= 11 is 5.08. The van der Waals surface area contributed by atoms with Crippen molar-refractivity contribution in [3.63, 3.8) is 0 Å². The van der Waals surface area contributed by atoms with Gasteiger partial charge < -0.3 is 5.32 Å². The van der Waals surface area contributed by atoms with E-state index in [2.05, 4.69) is 21.2 Å². The molecule has 0 saturated carbocycles. The minimum absolute atomic E-state index is 0.152. The van der Waals surface area contributed by atoms with Gasteiger partial charge in [-0.05, 0) is 47.1 Å². The third-order valence-electron chi connectivity index (χ3n) is 2.49. The van der Waals surface area contributed by atoms with Crippen molar-refractivity contribution in [1.29, 1.82) is 0 Å². The van der Waals surface area contributed by atoms with E-state index < -0.39 is 0 Å². The SMILES string of the molecule is Cc1cc(NCc2ccc(Br)s2)ccc1[N+](=O)[O-]. The van der Waals surface area contributed by atoms with E-state index in [0.717, 1.165) is 9.47 Å². The van der Waals surface area contributed by atoms with Crippen molar-refractivity contribution in [3.8, 4) is 0 Å². The zero-order valence-electron chi connectivity index (χ0n) is 9.64. The van der Waals surface area contributed by atoms with Crippen molar-refractivity contribution in [2.24, 2.45) is 0 Å². The van der Waals surface area contributed by atoms with Crippen molar-refractivity contribution in [3.05, 3.63) is 54.7 Å². The Morgan fingerprint density at radius 1 is 1.39 bits per heavy atom. The van der Waals surface area contributed by atoms with E-state index in [1.54, 1.807) is 30.4 Å². The highest BCUT2D eigenvalue weighted by Gasteiger charge is 2.09. The minimum Gasteiger partial charge on any atom is -0.380 e. The number of anilines is 1. The summed E-state index contributed by atoms with van der Waals surface area (Å²) in [6, 6.07) is 9.10. The Hall–Kier alpha value is -1.40. The zero-order valence-corrected chi connectivity index (χ0v) is 12.0. The molecule has 6 heteroatoms. The number of thiophene rings is 1. The summed E-state index contributed by atoms with van der Waals surface area (Å²) in [6.45, 7) is 2.46. The second-order valence-corrected chi connectivity index (χ2v) is 6.37. The van der Waals surface area contributed by atoms with E-state index in [4.69, 9.17) is 0 Å². The molecule has 1 aromatic carbocycles. The Morgan fingerprint density at radius 3 is 2.72 bits per heavy atom. The molecule has 1 aromatic heterocycles. The van der Waals surface area contributed by atoms with Gasteiger partial charge in [0.1, 0.15) is 0 Å². The van der Waals surface area contributed by atoms with E-state index in [1.165, 1.54) is 10.9 Å². The standard InChI is InChI=1S/C12H11BrN2O2S/c1-8-6-9(2-4-11(8)15(16)17)14-7-10-3-5-12(13)18-10/h2-6,14H,7H2,1H3. The van der Waals surface area contributed by atoms with Crippen LogP contribution in [0.15, 0.2) is 34.1 Å². The number of nitrogens with zero attached hydrogens (tertiary/aromatic N) is 1. The van der Waals surface area contributed by atoms with Crippen LogP contribution in [0, 0.1) is 17.0 Å². The summed E-state index contributed by atoms with van der Waals surface area (Å²) in [6.07, 6.45) is 0. The molecule has 0 unspecified atom stereocenters. The topological polar surface area (TPSA) is 55.2 Å². The first-order chi connectivity index (χ1) is 8.56. The van der Waals surface area contributed by atoms with Crippen LogP contribution in [0.4, 0.5) is 11.4 Å². The van der Waals surface area contributed by atoms with E-state index in [-0.39, 0.29) is 10.6 Å². The second kappa shape index (κ2) is 5.49. The fourth-order valence-electron chi connectivity index (χ4n) is 1.61. The van der Waals surface area contributed by atoms with Crippen molar-refractivity contribution in [2.75, 3.05) is 5.32 Å². The average molecular weight is 327 g/mol. The first-order valence-corrected chi connectivity index (χ1v) is 6.90. The molecular formula is C12H11BrN2O2S. The van der Waals surface area contributed by atoms with Gasteiger partial charge in [-0.3, -0.25) is 10.1 Å². The number of hydrogen-bond acceptors (Lipinski definition) is 4. The van der Waals surface area contributed by atoms with Crippen LogP contribution < -0.4 is 5.32 Å². The molecule has 0 aliphatic heterocycles. The molecule has 94 valence electrons. The first kappa shape index (κ1) is 13.0. The quantitative estimate of drug-likeness (QED) is 0.671. The number of benzene rings is 1. The number of halogens is 1. The third-order valence-corrected chi connectivity index (χ3v) is 4.11. The van der Waals surface area contributed by atoms with Crippen LogP contribution in [0.3, 0.4) is 0 Å². The van der Waals surface area contributed by atoms with Gasteiger partial charge in [0.25, 0.3) is 5.69 Å². The van der Waals surface area contributed by atoms with Gasteiger partial charge in [-0.25, -0.2) is 0 Å². The van der Waals surface area contributed by atoms with Crippen molar-refractivity contribution in [1.82, 2.24) is 0 Å². The van der Waals surface area contributed by atoms with Gasteiger partial charge >= 0.3 is 0 Å². The van der Waals surface area contributed by atoms with Gasteiger partial charge in [0, 0.05) is 28.7 Å². The Balaban J connectivity index is 2.06. The van der Waals surface area contributed by atoms with Crippen LogP contribution in [0.25, 0.3) is 0 Å². The summed E-state index contributed by atoms with van der Waals surface area (Å²) in [4.78, 5) is 11.5. The van der Waals surface area contributed by atoms with Gasteiger partial charge in [-0.2, -0.15) is 0 Å². The number of hydrogen-bond donors (Lipinski definition) is 1. The molecule has 1 heterocycles. The van der Waals surface area contributed by atoms with Crippen LogP contribution in [0.5, 0.6) is 0 Å². The first-order valence-electron chi connectivity index (χ1n) is 5.29. The van der Waals surface area contributed by atoms with Gasteiger partial charge in [-0.1, -0.05) is 0 Å². The highest BCUT2D eigenvalue weighted by atomic mass is 79.9. The van der Waals surface area contributed by atoms with Gasteiger partial charge in [-0.15, -0.1) is 11.3 Å². The van der Waals surface area contributed by atoms with E-state index in [9.17, 15) is 10.1 Å². The molecule has 18 heavy (non-hydrogen) atoms. The van der Waals surface area contributed by atoms with Crippen molar-refractivity contribution in [2.45, 2.75) is 13.5 Å². The maximum Gasteiger partial charge on any atom is 0.272 e. The predicted molar refractivity (Wildman–Crippen MR) is 77.2 cm³/mol. The molecule has 0 aliphatic rings. The second-order valence-electron chi connectivity index (χ2n) is 3.82. The minimum atomic E-state index is -0.366. The molecule has 2 rings (SSSR count). The fourth-order valence-corrected chi connectivity index (χ4v) is 3.03. The van der Waals surface area contributed by atoms with Crippen LogP contribution in [0.1, 0.15) is 10.4 Å². The monoisotopic (exact) mass is 326 g/mol. The third kappa shape index (κ3) is 3.08. The molecule has 2 aromatic rings. The van der Waals surface area contributed by atoms with E-state index >= 15 is 0 Å². The van der Waals surface area contributed by atoms with Gasteiger partial charge in [0.15, 0.2) is 0 Å². The Kier molecular flexibility index (Phi) is 3.98. The lowest BCUT2D eigenvalue weighted by atomic mass is 10.2. The predicted octanol–water partition coefficient (Wildman–Crippen LogP) is 4.34. The van der Waals surface area contributed by atoms with E-state index in [0.29, 0.717) is 12.1 Å². The molecule has 0 radical (unpaired) electrons. The molecule has 0 fully saturated rings. The lowest BCUT2D eigenvalue weighted by molar-refractivity contribution is -0.385. The fraction of sp³-hybridized carbons (Fsp3) is 0.167. The van der Waals surface area contributed by atoms with Crippen molar-refractivity contribution >= 4 is 38.6 Å². The molecule has 0 bridgehead atoms. The molecule has 1 N–H and O–H groups in total. The smallest absolute Gasteiger partial charge is 0.272 e. The number of nitrogens with one attached hydrogen (secondary N) is 1. The summed E-state index contributed by atoms with van der Waals surface area (Å²) < 4.78 is 1.10. The highest BCUT2D eigenvalue weighted by molar-refractivity contribution is 9.11. The summed E-state index contributed by atoms with van der Waals surface area (Å²) in [7, 11) is 0. The van der Waals surface area contributed by atoms with Crippen LogP contribution >= 0.6 is 27.3 Å². The molecule has 0 aliphatic carbocycles. The Bertz CT molecular complexity index is 583. The summed E-state index contributed by atoms with van der Waals surface area (Å²) in [5, 5.41) is 13.9. The Labute approximate surface area is 117 Å². The highest BCUT2D eigenvalue weighted by Crippen LogP contribution is 2.25. The zero-order chi connectivity index (χ0) is 13.1. The maximum absolute atomic E-state index is 10.7. The maximum atomic E-state index is 10.7. The summed E-state index contributed by atoms with van der Waals surface area (Å²) in [5.74, 6) is 0. The lowest BCUT2D eigenvalue weighted by Crippen LogP contribution is -1.99. The molecule has 4 nitrogen and oxygen atoms in total. The summed E-state index contributed by atoms with van der Waals surface area (Å²) in [5.41, 5.74) is 1.71. The van der Waals surface area contributed by atoms with Crippen LogP contribution in [-0.2, 0) is 6.54 Å². The molecule has 0 atom stereocenters. The Morgan fingerprint density at radius 2 is 2.17 bits per heavy atom. The van der Waals surface area contributed by atoms with Gasteiger partial charge in [0.2, 0.25) is 0 Å². The number of aryl methyl sites for hydroxylation is 1. The lowest BCUT2D eigenvalue weighted by Gasteiger charge is -2.06. The normalized spacial score (nSPS) is 10.3. The molecule has 0 spiro atoms. The van der Waals surface area contributed by atoms with Crippen LogP contribution in [-0.4, -0.2) is 4.92 Å². The number of nitro groups is 1. The largest absolute Gasteiger partial charge is 0.380 e. The van der Waals surface area contributed by atoms with E-state index in [1.807, 2.05) is 12.1 Å².